The molecule has 0 saturated heterocycles. The highest BCUT2D eigenvalue weighted by atomic mass is 79.9. The van der Waals surface area contributed by atoms with Gasteiger partial charge in [-0.15, -0.1) is 0 Å². The predicted octanol–water partition coefficient (Wildman–Crippen LogP) is 3.13. The van der Waals surface area contributed by atoms with Crippen molar-refractivity contribution in [3.63, 3.8) is 0 Å². The molecule has 1 nitrogen and oxygen atoms in total. The van der Waals surface area contributed by atoms with Crippen molar-refractivity contribution in [1.29, 1.82) is 5.26 Å². The van der Waals surface area contributed by atoms with Crippen molar-refractivity contribution in [2.45, 2.75) is 0 Å². The van der Waals surface area contributed by atoms with Crippen molar-refractivity contribution >= 4 is 22.0 Å². The third-order valence-electron chi connectivity index (χ3n) is 1.50. The Bertz CT molecular complexity index is 348. The van der Waals surface area contributed by atoms with Gasteiger partial charge in [0.2, 0.25) is 0 Å². The van der Waals surface area contributed by atoms with Crippen LogP contribution in [0.2, 0.25) is 0 Å². The van der Waals surface area contributed by atoms with Gasteiger partial charge in [-0.25, -0.2) is 4.39 Å². The fourth-order valence-electron chi connectivity index (χ4n) is 0.861. The van der Waals surface area contributed by atoms with Crippen LogP contribution < -0.4 is 0 Å². The summed E-state index contributed by atoms with van der Waals surface area (Å²) < 4.78 is 12.5. The molecule has 0 N–H and O–H groups in total. The van der Waals surface area contributed by atoms with Crippen LogP contribution in [0.4, 0.5) is 4.39 Å². The summed E-state index contributed by atoms with van der Waals surface area (Å²) in [5.74, 6) is -0.269. The molecule has 0 atom stereocenters. The van der Waals surface area contributed by atoms with Crippen molar-refractivity contribution < 1.29 is 4.39 Å². The Kier molecular flexibility index (Phi) is 3.66. The lowest BCUT2D eigenvalue weighted by Crippen LogP contribution is -1.80. The first-order chi connectivity index (χ1) is 6.26. The summed E-state index contributed by atoms with van der Waals surface area (Å²) in [7, 11) is 0. The standard InChI is InChI=1S/C10H7BrFN/c11-6-9(7-13)5-8-1-3-10(12)4-2-8/h1-5H,6H2/b9-5-. The van der Waals surface area contributed by atoms with Crippen LogP contribution in [0.3, 0.4) is 0 Å². The minimum atomic E-state index is -0.269. The molecule has 1 rings (SSSR count). The number of hydrogen-bond donors (Lipinski definition) is 0. The van der Waals surface area contributed by atoms with Crippen LogP contribution in [0, 0.1) is 17.1 Å². The first-order valence-corrected chi connectivity index (χ1v) is 4.80. The molecule has 0 aliphatic heterocycles. The van der Waals surface area contributed by atoms with Gasteiger partial charge in [0.05, 0.1) is 6.07 Å². The number of nitriles is 1. The summed E-state index contributed by atoms with van der Waals surface area (Å²) in [6.45, 7) is 0. The van der Waals surface area contributed by atoms with Crippen molar-refractivity contribution in [2.24, 2.45) is 0 Å². The van der Waals surface area contributed by atoms with Gasteiger partial charge in [0, 0.05) is 10.9 Å². The molecule has 0 aliphatic carbocycles. The average molecular weight is 240 g/mol. The van der Waals surface area contributed by atoms with Crippen LogP contribution in [0.1, 0.15) is 5.56 Å². The van der Waals surface area contributed by atoms with Crippen LogP contribution in [0.15, 0.2) is 29.8 Å². The zero-order valence-corrected chi connectivity index (χ0v) is 8.38. The molecule has 0 amide bonds. The number of rotatable bonds is 2. The third kappa shape index (κ3) is 3.00. The van der Waals surface area contributed by atoms with Gasteiger partial charge in [-0.3, -0.25) is 0 Å². The average Bonchev–Trinajstić information content (AvgIpc) is 2.17. The molecule has 0 fully saturated rings. The highest BCUT2D eigenvalue weighted by molar-refractivity contribution is 9.09. The highest BCUT2D eigenvalue weighted by Gasteiger charge is 1.94. The summed E-state index contributed by atoms with van der Waals surface area (Å²) in [5, 5.41) is 9.13. The van der Waals surface area contributed by atoms with E-state index in [0.717, 1.165) is 5.56 Å². The molecule has 1 aromatic rings. The molecule has 0 bridgehead atoms. The second-order valence-electron chi connectivity index (χ2n) is 2.47. The van der Waals surface area contributed by atoms with E-state index in [0.29, 0.717) is 10.9 Å². The van der Waals surface area contributed by atoms with Gasteiger partial charge >= 0.3 is 0 Å². The van der Waals surface area contributed by atoms with E-state index in [1.165, 1.54) is 12.1 Å². The molecular weight excluding hydrogens is 233 g/mol. The molecule has 0 aliphatic rings. The van der Waals surface area contributed by atoms with Gasteiger partial charge < -0.3 is 0 Å². The first-order valence-electron chi connectivity index (χ1n) is 3.68. The summed E-state index contributed by atoms with van der Waals surface area (Å²) in [5.41, 5.74) is 1.45. The largest absolute Gasteiger partial charge is 0.207 e. The molecule has 66 valence electrons. The van der Waals surface area contributed by atoms with E-state index >= 15 is 0 Å². The topological polar surface area (TPSA) is 23.8 Å². The van der Waals surface area contributed by atoms with Gasteiger partial charge in [-0.05, 0) is 23.8 Å². The number of alkyl halides is 1. The van der Waals surface area contributed by atoms with E-state index in [1.54, 1.807) is 18.2 Å². The Morgan fingerprint density at radius 1 is 1.46 bits per heavy atom. The van der Waals surface area contributed by atoms with Gasteiger partial charge in [-0.1, -0.05) is 28.1 Å². The van der Waals surface area contributed by atoms with Gasteiger partial charge in [0.15, 0.2) is 0 Å². The van der Waals surface area contributed by atoms with E-state index in [4.69, 9.17) is 5.26 Å². The number of benzene rings is 1. The minimum absolute atomic E-state index is 0.269. The van der Waals surface area contributed by atoms with Crippen LogP contribution in [-0.4, -0.2) is 5.33 Å². The Balaban J connectivity index is 2.92. The van der Waals surface area contributed by atoms with Crippen molar-refractivity contribution in [1.82, 2.24) is 0 Å². The molecular formula is C10H7BrFN. The molecule has 13 heavy (non-hydrogen) atoms. The Labute approximate surface area is 84.6 Å². The minimum Gasteiger partial charge on any atom is -0.207 e. The lowest BCUT2D eigenvalue weighted by atomic mass is 10.1. The molecule has 0 radical (unpaired) electrons. The molecule has 0 heterocycles. The van der Waals surface area contributed by atoms with Crippen LogP contribution >= 0.6 is 15.9 Å². The molecule has 0 spiro atoms. The highest BCUT2D eigenvalue weighted by Crippen LogP contribution is 2.09. The summed E-state index contributed by atoms with van der Waals surface area (Å²) in [6, 6.07) is 8.04. The van der Waals surface area contributed by atoms with Crippen molar-refractivity contribution in [3.05, 3.63) is 41.2 Å². The fraction of sp³-hybridized carbons (Fsp3) is 0.100. The van der Waals surface area contributed by atoms with E-state index in [2.05, 4.69) is 15.9 Å². The quantitative estimate of drug-likeness (QED) is 0.575. The lowest BCUT2D eigenvalue weighted by Gasteiger charge is -1.93. The number of nitrogens with zero attached hydrogens (tertiary/aromatic N) is 1. The summed E-state index contributed by atoms with van der Waals surface area (Å²) in [4.78, 5) is 0. The maximum Gasteiger partial charge on any atom is 0.123 e. The molecule has 0 saturated carbocycles. The summed E-state index contributed by atoms with van der Waals surface area (Å²) >= 11 is 3.18. The smallest absolute Gasteiger partial charge is 0.123 e. The second kappa shape index (κ2) is 4.78. The maximum absolute atomic E-state index is 12.5. The van der Waals surface area contributed by atoms with Crippen molar-refractivity contribution in [3.8, 4) is 6.07 Å². The monoisotopic (exact) mass is 239 g/mol. The van der Waals surface area contributed by atoms with E-state index < -0.39 is 0 Å². The van der Waals surface area contributed by atoms with Gasteiger partial charge in [-0.2, -0.15) is 5.26 Å². The van der Waals surface area contributed by atoms with Gasteiger partial charge in [0.25, 0.3) is 0 Å². The van der Waals surface area contributed by atoms with Crippen LogP contribution in [-0.2, 0) is 0 Å². The van der Waals surface area contributed by atoms with E-state index in [9.17, 15) is 4.39 Å². The molecule has 1 aromatic carbocycles. The van der Waals surface area contributed by atoms with Gasteiger partial charge in [0.1, 0.15) is 5.82 Å². The number of allylic oxidation sites excluding steroid dienone is 1. The lowest BCUT2D eigenvalue weighted by molar-refractivity contribution is 0.628. The number of hydrogen-bond acceptors (Lipinski definition) is 1. The number of halogens is 2. The molecule has 0 unspecified atom stereocenters. The van der Waals surface area contributed by atoms with E-state index in [-0.39, 0.29) is 5.82 Å². The first kappa shape index (κ1) is 9.94. The Morgan fingerprint density at radius 2 is 2.08 bits per heavy atom. The zero-order valence-electron chi connectivity index (χ0n) is 6.80. The van der Waals surface area contributed by atoms with Crippen molar-refractivity contribution in [2.75, 3.05) is 5.33 Å². The second-order valence-corrected chi connectivity index (χ2v) is 3.03. The summed E-state index contributed by atoms with van der Waals surface area (Å²) in [6.07, 6.45) is 1.72. The van der Waals surface area contributed by atoms with Crippen LogP contribution in [0.5, 0.6) is 0 Å². The third-order valence-corrected chi connectivity index (χ3v) is 2.10. The maximum atomic E-state index is 12.5. The predicted molar refractivity (Wildman–Crippen MR) is 53.8 cm³/mol. The zero-order chi connectivity index (χ0) is 9.68. The molecule has 0 aromatic heterocycles. The van der Waals surface area contributed by atoms with E-state index in [1.807, 2.05) is 6.07 Å². The molecule has 3 heteroatoms. The Morgan fingerprint density at radius 3 is 2.54 bits per heavy atom. The Hall–Kier alpha value is -1.14. The fourth-order valence-corrected chi connectivity index (χ4v) is 1.15. The SMILES string of the molecule is N#C/C(=C\c1ccc(F)cc1)CBr. The normalized spacial score (nSPS) is 11.0. The van der Waals surface area contributed by atoms with Crippen LogP contribution in [0.25, 0.3) is 6.08 Å².